The Labute approximate surface area is 109 Å². The summed E-state index contributed by atoms with van der Waals surface area (Å²) in [6.45, 7) is 4.33. The van der Waals surface area contributed by atoms with Crippen molar-refractivity contribution < 1.29 is 0 Å². The Bertz CT molecular complexity index is 368. The van der Waals surface area contributed by atoms with Gasteiger partial charge >= 0.3 is 0 Å². The van der Waals surface area contributed by atoms with Gasteiger partial charge in [-0.2, -0.15) is 4.98 Å². The molecule has 0 aliphatic carbocycles. The molecule has 3 N–H and O–H groups in total. The Balaban J connectivity index is 2.11. The zero-order chi connectivity index (χ0) is 12.8. The summed E-state index contributed by atoms with van der Waals surface area (Å²) in [6.07, 6.45) is 6.49. The maximum absolute atomic E-state index is 4.45. The largest absolute Gasteiger partial charge is 0.373 e. The summed E-state index contributed by atoms with van der Waals surface area (Å²) >= 11 is 0. The highest BCUT2D eigenvalue weighted by atomic mass is 15.2. The van der Waals surface area contributed by atoms with Crippen molar-refractivity contribution in [3.05, 3.63) is 12.3 Å². The molecule has 2 rings (SSSR count). The van der Waals surface area contributed by atoms with Crippen molar-refractivity contribution >= 4 is 11.8 Å². The Morgan fingerprint density at radius 2 is 2.39 bits per heavy atom. The van der Waals surface area contributed by atoms with E-state index in [2.05, 4.69) is 32.8 Å². The van der Waals surface area contributed by atoms with Crippen LogP contribution in [-0.2, 0) is 0 Å². The third kappa shape index (κ3) is 3.10. The van der Waals surface area contributed by atoms with Gasteiger partial charge in [-0.15, -0.1) is 0 Å². The lowest BCUT2D eigenvalue weighted by molar-refractivity contribution is 0.319. The summed E-state index contributed by atoms with van der Waals surface area (Å²) in [4.78, 5) is 8.77. The molecule has 1 unspecified atom stereocenters. The molecule has 1 aromatic heterocycles. The molecule has 5 heteroatoms. The van der Waals surface area contributed by atoms with Gasteiger partial charge in [0.1, 0.15) is 5.82 Å². The van der Waals surface area contributed by atoms with Crippen LogP contribution in [0.2, 0.25) is 0 Å². The van der Waals surface area contributed by atoms with Gasteiger partial charge in [-0.1, -0.05) is 13.3 Å². The highest BCUT2D eigenvalue weighted by Crippen LogP contribution is 2.25. The number of aromatic nitrogens is 2. The van der Waals surface area contributed by atoms with Gasteiger partial charge in [0.2, 0.25) is 5.95 Å². The van der Waals surface area contributed by atoms with E-state index >= 15 is 0 Å². The zero-order valence-electron chi connectivity index (χ0n) is 11.3. The topological polar surface area (TPSA) is 61.9 Å². The fourth-order valence-corrected chi connectivity index (χ4v) is 2.62. The lowest BCUT2D eigenvalue weighted by Crippen LogP contribution is -2.51. The van der Waals surface area contributed by atoms with Crippen molar-refractivity contribution in [1.82, 2.24) is 15.3 Å². The van der Waals surface area contributed by atoms with Gasteiger partial charge in [0.15, 0.2) is 0 Å². The van der Waals surface area contributed by atoms with Crippen molar-refractivity contribution in [1.29, 1.82) is 0 Å². The normalized spacial score (nSPS) is 23.7. The van der Waals surface area contributed by atoms with Crippen molar-refractivity contribution in [2.24, 2.45) is 0 Å². The second-order valence-electron chi connectivity index (χ2n) is 4.95. The fraction of sp³-hybridized carbons (Fsp3) is 0.692. The number of hydrogen-bond acceptors (Lipinski definition) is 5. The van der Waals surface area contributed by atoms with Gasteiger partial charge in [-0.05, 0) is 31.9 Å². The van der Waals surface area contributed by atoms with E-state index in [1.165, 1.54) is 19.3 Å². The Morgan fingerprint density at radius 3 is 3.06 bits per heavy atom. The monoisotopic (exact) mass is 249 g/mol. The van der Waals surface area contributed by atoms with Crippen molar-refractivity contribution in [3.63, 3.8) is 0 Å². The molecule has 1 aromatic rings. The minimum absolute atomic E-state index is 0.110. The zero-order valence-corrected chi connectivity index (χ0v) is 11.3. The van der Waals surface area contributed by atoms with E-state index in [0.29, 0.717) is 0 Å². The number of piperidine rings is 1. The van der Waals surface area contributed by atoms with Crippen LogP contribution in [0.15, 0.2) is 12.3 Å². The molecule has 1 saturated heterocycles. The maximum Gasteiger partial charge on any atom is 0.225 e. The van der Waals surface area contributed by atoms with Crippen LogP contribution in [0, 0.1) is 0 Å². The molecule has 1 aliphatic heterocycles. The predicted octanol–water partition coefficient (Wildman–Crippen LogP) is 1.85. The van der Waals surface area contributed by atoms with Crippen molar-refractivity contribution in [2.75, 3.05) is 30.8 Å². The van der Waals surface area contributed by atoms with E-state index in [4.69, 9.17) is 0 Å². The molecule has 1 fully saturated rings. The van der Waals surface area contributed by atoms with Crippen LogP contribution in [0.5, 0.6) is 0 Å². The Hall–Kier alpha value is -1.36. The van der Waals surface area contributed by atoms with Crippen LogP contribution in [0.3, 0.4) is 0 Å². The molecular formula is C13H23N5. The van der Waals surface area contributed by atoms with E-state index in [1.54, 1.807) is 6.20 Å². The lowest BCUT2D eigenvalue weighted by atomic mass is 9.86. The summed E-state index contributed by atoms with van der Waals surface area (Å²) in [5, 5.41) is 10.1. The van der Waals surface area contributed by atoms with Gasteiger partial charge in [-0.25, -0.2) is 4.98 Å². The van der Waals surface area contributed by atoms with E-state index in [9.17, 15) is 0 Å². The smallest absolute Gasteiger partial charge is 0.225 e. The molecule has 100 valence electrons. The molecule has 0 amide bonds. The van der Waals surface area contributed by atoms with Crippen LogP contribution in [-0.4, -0.2) is 35.6 Å². The van der Waals surface area contributed by atoms with E-state index in [1.807, 2.05) is 13.1 Å². The molecule has 0 saturated carbocycles. The molecule has 18 heavy (non-hydrogen) atoms. The Kier molecular flexibility index (Phi) is 4.36. The summed E-state index contributed by atoms with van der Waals surface area (Å²) in [6, 6.07) is 1.87. The number of nitrogens with zero attached hydrogens (tertiary/aromatic N) is 2. The number of nitrogens with one attached hydrogen (secondary N) is 3. The second-order valence-corrected chi connectivity index (χ2v) is 4.95. The van der Waals surface area contributed by atoms with E-state index in [0.717, 1.165) is 31.3 Å². The summed E-state index contributed by atoms with van der Waals surface area (Å²) in [5.74, 6) is 1.57. The molecule has 5 nitrogen and oxygen atoms in total. The van der Waals surface area contributed by atoms with Gasteiger partial charge in [0.05, 0.1) is 5.54 Å². The average molecular weight is 249 g/mol. The molecule has 1 aliphatic rings. The first kappa shape index (κ1) is 13.1. The Morgan fingerprint density at radius 1 is 1.50 bits per heavy atom. The first-order chi connectivity index (χ1) is 8.78. The van der Waals surface area contributed by atoms with Crippen LogP contribution in [0.1, 0.15) is 32.6 Å². The molecule has 1 atom stereocenters. The van der Waals surface area contributed by atoms with Crippen LogP contribution in [0.4, 0.5) is 11.8 Å². The van der Waals surface area contributed by atoms with E-state index < -0.39 is 0 Å². The van der Waals surface area contributed by atoms with Crippen LogP contribution < -0.4 is 16.0 Å². The molecule has 0 spiro atoms. The van der Waals surface area contributed by atoms with E-state index in [-0.39, 0.29) is 5.54 Å². The highest BCUT2D eigenvalue weighted by molar-refractivity contribution is 5.40. The van der Waals surface area contributed by atoms with Gasteiger partial charge in [0.25, 0.3) is 0 Å². The average Bonchev–Trinajstić information content (AvgIpc) is 2.40. The quantitative estimate of drug-likeness (QED) is 0.743. The van der Waals surface area contributed by atoms with Crippen LogP contribution >= 0.6 is 0 Å². The molecular weight excluding hydrogens is 226 g/mol. The van der Waals surface area contributed by atoms with Crippen molar-refractivity contribution in [2.45, 2.75) is 38.1 Å². The first-order valence-corrected chi connectivity index (χ1v) is 6.78. The molecule has 0 radical (unpaired) electrons. The lowest BCUT2D eigenvalue weighted by Gasteiger charge is -2.38. The molecule has 0 bridgehead atoms. The standard InChI is InChI=1S/C13H23N5/c1-3-6-13(7-4-8-15-10-13)18-12-16-9-5-11(14-2)17-12/h5,9,15H,3-4,6-8,10H2,1-2H3,(H2,14,16,17,18). The first-order valence-electron chi connectivity index (χ1n) is 6.78. The third-order valence-electron chi connectivity index (χ3n) is 3.49. The minimum atomic E-state index is 0.110. The number of rotatable bonds is 5. The second kappa shape index (κ2) is 6.00. The maximum atomic E-state index is 4.45. The SMILES string of the molecule is CCCC1(Nc2nccc(NC)n2)CCCNC1. The van der Waals surface area contributed by atoms with Crippen molar-refractivity contribution in [3.8, 4) is 0 Å². The molecule has 2 heterocycles. The predicted molar refractivity (Wildman–Crippen MR) is 74.9 cm³/mol. The fourth-order valence-electron chi connectivity index (χ4n) is 2.62. The number of anilines is 2. The third-order valence-corrected chi connectivity index (χ3v) is 3.49. The highest BCUT2D eigenvalue weighted by Gasteiger charge is 2.31. The summed E-state index contributed by atoms with van der Waals surface area (Å²) < 4.78 is 0. The van der Waals surface area contributed by atoms with Gasteiger partial charge < -0.3 is 16.0 Å². The van der Waals surface area contributed by atoms with Gasteiger partial charge in [-0.3, -0.25) is 0 Å². The summed E-state index contributed by atoms with van der Waals surface area (Å²) in [5.41, 5.74) is 0.110. The van der Waals surface area contributed by atoms with Gasteiger partial charge in [0, 0.05) is 19.8 Å². The minimum Gasteiger partial charge on any atom is -0.373 e. The van der Waals surface area contributed by atoms with Crippen LogP contribution in [0.25, 0.3) is 0 Å². The summed E-state index contributed by atoms with van der Waals surface area (Å²) in [7, 11) is 1.87. The number of hydrogen-bond donors (Lipinski definition) is 3. The molecule has 0 aromatic carbocycles.